The van der Waals surface area contributed by atoms with Crippen molar-refractivity contribution in [1.29, 1.82) is 0 Å². The van der Waals surface area contributed by atoms with E-state index in [1.807, 2.05) is 64.8 Å². The highest BCUT2D eigenvalue weighted by atomic mass is 32.1. The van der Waals surface area contributed by atoms with Gasteiger partial charge in [-0.2, -0.15) is 5.10 Å². The molecular formula is C18H19N3O2S. The summed E-state index contributed by atoms with van der Waals surface area (Å²) in [7, 11) is 0. The summed E-state index contributed by atoms with van der Waals surface area (Å²) in [4.78, 5) is 13.5. The van der Waals surface area contributed by atoms with E-state index in [1.54, 1.807) is 24.5 Å². The maximum Gasteiger partial charge on any atom is 0.260 e. The van der Waals surface area contributed by atoms with Crippen molar-refractivity contribution < 1.29 is 9.53 Å². The van der Waals surface area contributed by atoms with Gasteiger partial charge in [-0.3, -0.25) is 9.48 Å². The van der Waals surface area contributed by atoms with E-state index in [0.29, 0.717) is 12.3 Å². The Bertz CT molecular complexity index is 708. The van der Waals surface area contributed by atoms with Crippen LogP contribution in [0, 0.1) is 0 Å². The minimum atomic E-state index is -0.561. The molecule has 0 aliphatic heterocycles. The second kappa shape index (κ2) is 7.79. The first kappa shape index (κ1) is 16.3. The van der Waals surface area contributed by atoms with Gasteiger partial charge in [0, 0.05) is 23.8 Å². The topological polar surface area (TPSA) is 56.1 Å². The molecule has 3 aromatic rings. The predicted octanol–water partition coefficient (Wildman–Crippen LogP) is 3.12. The molecule has 1 aromatic carbocycles. The van der Waals surface area contributed by atoms with Gasteiger partial charge in [0.15, 0.2) is 6.10 Å². The van der Waals surface area contributed by atoms with E-state index in [2.05, 4.69) is 10.4 Å². The lowest BCUT2D eigenvalue weighted by Crippen LogP contribution is -2.39. The number of benzene rings is 1. The molecule has 2 atom stereocenters. The average molecular weight is 341 g/mol. The molecule has 0 aliphatic rings. The number of aromatic nitrogens is 2. The molecule has 1 N–H and O–H groups in total. The lowest BCUT2D eigenvalue weighted by atomic mass is 10.2. The molecule has 0 fully saturated rings. The Morgan fingerprint density at radius 2 is 2.08 bits per heavy atom. The van der Waals surface area contributed by atoms with Crippen molar-refractivity contribution in [3.05, 3.63) is 71.2 Å². The highest BCUT2D eigenvalue weighted by molar-refractivity contribution is 7.10. The van der Waals surface area contributed by atoms with Crippen LogP contribution in [0.3, 0.4) is 0 Å². The molecule has 2 heterocycles. The van der Waals surface area contributed by atoms with Crippen LogP contribution >= 0.6 is 11.3 Å². The predicted molar refractivity (Wildman–Crippen MR) is 94.2 cm³/mol. The number of thiophene rings is 1. The van der Waals surface area contributed by atoms with E-state index in [9.17, 15) is 4.79 Å². The zero-order valence-corrected chi connectivity index (χ0v) is 14.1. The second-order valence-electron chi connectivity index (χ2n) is 5.34. The van der Waals surface area contributed by atoms with Gasteiger partial charge in [-0.05, 0) is 36.6 Å². The van der Waals surface area contributed by atoms with Crippen LogP contribution in [0.25, 0.3) is 0 Å². The van der Waals surface area contributed by atoms with Crippen LogP contribution in [0.2, 0.25) is 0 Å². The third-order valence-electron chi connectivity index (χ3n) is 3.61. The van der Waals surface area contributed by atoms with E-state index in [1.165, 1.54) is 0 Å². The summed E-state index contributed by atoms with van der Waals surface area (Å²) < 4.78 is 7.51. The van der Waals surface area contributed by atoms with Crippen molar-refractivity contribution in [2.24, 2.45) is 0 Å². The Labute approximate surface area is 144 Å². The molecule has 2 aromatic heterocycles. The van der Waals surface area contributed by atoms with Crippen LogP contribution in [0.5, 0.6) is 5.75 Å². The molecule has 3 rings (SSSR count). The number of carbonyl (C=O) groups is 1. The van der Waals surface area contributed by atoms with Crippen molar-refractivity contribution in [3.8, 4) is 5.75 Å². The van der Waals surface area contributed by atoms with Crippen LogP contribution < -0.4 is 10.1 Å². The van der Waals surface area contributed by atoms with E-state index < -0.39 is 6.10 Å². The fourth-order valence-corrected chi connectivity index (χ4v) is 3.19. The minimum Gasteiger partial charge on any atom is -0.481 e. The first-order valence-corrected chi connectivity index (χ1v) is 8.64. The molecule has 0 saturated carbocycles. The molecule has 6 heteroatoms. The summed E-state index contributed by atoms with van der Waals surface area (Å²) in [6.45, 7) is 2.21. The molecular weight excluding hydrogens is 322 g/mol. The van der Waals surface area contributed by atoms with E-state index >= 15 is 0 Å². The Kier molecular flexibility index (Phi) is 5.28. The number of ether oxygens (including phenoxy) is 1. The molecule has 0 saturated heterocycles. The molecule has 1 amide bonds. The van der Waals surface area contributed by atoms with Crippen molar-refractivity contribution in [3.63, 3.8) is 0 Å². The normalized spacial score (nSPS) is 13.2. The Morgan fingerprint density at radius 3 is 2.75 bits per heavy atom. The Morgan fingerprint density at radius 1 is 1.25 bits per heavy atom. The monoisotopic (exact) mass is 341 g/mol. The van der Waals surface area contributed by atoms with Gasteiger partial charge in [0.05, 0.1) is 0 Å². The number of nitrogens with one attached hydrogen (secondary N) is 1. The fraction of sp³-hybridized carbons (Fsp3) is 0.222. The average Bonchev–Trinajstić information content (AvgIpc) is 3.30. The van der Waals surface area contributed by atoms with Crippen molar-refractivity contribution in [2.45, 2.75) is 19.1 Å². The first-order valence-electron chi connectivity index (χ1n) is 7.76. The second-order valence-corrected chi connectivity index (χ2v) is 6.31. The van der Waals surface area contributed by atoms with E-state index in [-0.39, 0.29) is 11.9 Å². The summed E-state index contributed by atoms with van der Waals surface area (Å²) >= 11 is 1.65. The third-order valence-corrected chi connectivity index (χ3v) is 4.58. The molecule has 0 unspecified atom stereocenters. The SMILES string of the molecule is C[C@@H](Oc1ccccc1)C(=O)NC[C@H](c1cccs1)n1cccn1. The van der Waals surface area contributed by atoms with Crippen LogP contribution in [0.4, 0.5) is 0 Å². The Balaban J connectivity index is 1.61. The zero-order valence-electron chi connectivity index (χ0n) is 13.3. The molecule has 0 spiro atoms. The lowest BCUT2D eigenvalue weighted by Gasteiger charge is -2.19. The van der Waals surface area contributed by atoms with Gasteiger partial charge in [0.1, 0.15) is 11.8 Å². The smallest absolute Gasteiger partial charge is 0.260 e. The minimum absolute atomic E-state index is 0.0205. The van der Waals surface area contributed by atoms with E-state index in [0.717, 1.165) is 4.88 Å². The van der Waals surface area contributed by atoms with Gasteiger partial charge in [0.25, 0.3) is 5.91 Å². The third kappa shape index (κ3) is 4.02. The first-order chi connectivity index (χ1) is 11.7. The van der Waals surface area contributed by atoms with Crippen LogP contribution in [-0.4, -0.2) is 28.3 Å². The largest absolute Gasteiger partial charge is 0.481 e. The van der Waals surface area contributed by atoms with Crippen molar-refractivity contribution in [1.82, 2.24) is 15.1 Å². The van der Waals surface area contributed by atoms with Gasteiger partial charge < -0.3 is 10.1 Å². The highest BCUT2D eigenvalue weighted by Gasteiger charge is 2.19. The van der Waals surface area contributed by atoms with Crippen molar-refractivity contribution >= 4 is 17.2 Å². The molecule has 24 heavy (non-hydrogen) atoms. The maximum atomic E-state index is 12.3. The number of rotatable bonds is 7. The van der Waals surface area contributed by atoms with Gasteiger partial charge >= 0.3 is 0 Å². The number of para-hydroxylation sites is 1. The summed E-state index contributed by atoms with van der Waals surface area (Å²) in [6, 6.07) is 15.2. The van der Waals surface area contributed by atoms with Gasteiger partial charge in [-0.25, -0.2) is 0 Å². The summed E-state index contributed by atoms with van der Waals surface area (Å²) in [5, 5.41) is 9.29. The fourth-order valence-electron chi connectivity index (χ4n) is 2.37. The number of nitrogens with zero attached hydrogens (tertiary/aromatic N) is 2. The summed E-state index contributed by atoms with van der Waals surface area (Å²) in [6.07, 6.45) is 3.08. The zero-order chi connectivity index (χ0) is 16.8. The van der Waals surface area contributed by atoms with Crippen molar-refractivity contribution in [2.75, 3.05) is 6.54 Å². The number of carbonyl (C=O) groups excluding carboxylic acids is 1. The molecule has 0 aliphatic carbocycles. The summed E-state index contributed by atoms with van der Waals surface area (Å²) in [5.74, 6) is 0.537. The highest BCUT2D eigenvalue weighted by Crippen LogP contribution is 2.22. The van der Waals surface area contributed by atoms with Gasteiger partial charge in [-0.1, -0.05) is 24.3 Å². The molecule has 5 nitrogen and oxygen atoms in total. The lowest BCUT2D eigenvalue weighted by molar-refractivity contribution is -0.127. The molecule has 0 bridgehead atoms. The summed E-state index contributed by atoms with van der Waals surface area (Å²) in [5.41, 5.74) is 0. The Hall–Kier alpha value is -2.60. The molecule has 0 radical (unpaired) electrons. The maximum absolute atomic E-state index is 12.3. The van der Waals surface area contributed by atoms with E-state index in [4.69, 9.17) is 4.74 Å². The van der Waals surface area contributed by atoms with Crippen LogP contribution in [0.1, 0.15) is 17.8 Å². The quantitative estimate of drug-likeness (QED) is 0.718. The number of amides is 1. The van der Waals surface area contributed by atoms with Crippen LogP contribution in [-0.2, 0) is 4.79 Å². The standard InChI is InChI=1S/C18H19N3O2S/c1-14(23-15-7-3-2-4-8-15)18(22)19-13-16(17-9-5-12-24-17)21-11-6-10-20-21/h2-12,14,16H,13H2,1H3,(H,19,22)/t14-,16-/m1/s1. The van der Waals surface area contributed by atoms with Gasteiger partial charge in [0.2, 0.25) is 0 Å². The number of hydrogen-bond donors (Lipinski definition) is 1. The molecule has 124 valence electrons. The van der Waals surface area contributed by atoms with Crippen LogP contribution in [0.15, 0.2) is 66.3 Å². The number of hydrogen-bond acceptors (Lipinski definition) is 4. The van der Waals surface area contributed by atoms with Gasteiger partial charge in [-0.15, -0.1) is 11.3 Å².